The average Bonchev–Trinajstić information content (AvgIpc) is 3.28. The number of fused-ring (bicyclic) bond motifs is 3. The molecule has 202 valence electrons. The third-order valence-electron chi connectivity index (χ3n) is 6.49. The van der Waals surface area contributed by atoms with Crippen molar-refractivity contribution in [1.82, 2.24) is 15.2 Å². The Morgan fingerprint density at radius 3 is 2.65 bits per heavy atom. The van der Waals surface area contributed by atoms with Crippen LogP contribution in [0.4, 0.5) is 0 Å². The highest BCUT2D eigenvalue weighted by Gasteiger charge is 2.27. The predicted molar refractivity (Wildman–Crippen MR) is 150 cm³/mol. The number of aromatic nitrogens is 1. The molecular weight excluding hydrogens is 515 g/mol. The molecule has 1 aromatic carbocycles. The Hall–Kier alpha value is -2.59. The number of carbonyl (C=O) groups excluding carboxylic acids is 2. The summed E-state index contributed by atoms with van der Waals surface area (Å²) in [6.45, 7) is 1.67. The van der Waals surface area contributed by atoms with Gasteiger partial charge < -0.3 is 31.8 Å². The number of H-pyrrole nitrogens is 1. The van der Waals surface area contributed by atoms with Crippen molar-refractivity contribution in [3.63, 3.8) is 0 Å². The summed E-state index contributed by atoms with van der Waals surface area (Å²) in [6, 6.07) is 1.69. The monoisotopic (exact) mass is 550 g/mol. The summed E-state index contributed by atoms with van der Waals surface area (Å²) in [7, 11) is 0. The smallest absolute Gasteiger partial charge is 0.248 e. The maximum atomic E-state index is 12.1. The van der Waals surface area contributed by atoms with Crippen LogP contribution in [-0.2, 0) is 22.6 Å². The molecule has 11 heteroatoms. The fraction of sp³-hybridized carbons (Fsp3) is 0.500. The van der Waals surface area contributed by atoms with E-state index in [0.717, 1.165) is 55.3 Å². The van der Waals surface area contributed by atoms with E-state index < -0.39 is 6.61 Å². The molecule has 0 bridgehead atoms. The predicted octanol–water partition coefficient (Wildman–Crippen LogP) is 3.14. The second-order valence-electron chi connectivity index (χ2n) is 9.15. The summed E-state index contributed by atoms with van der Waals surface area (Å²) in [5, 5.41) is 13.7. The lowest BCUT2D eigenvalue weighted by Crippen LogP contribution is -2.37. The number of unbranched alkanes of at least 4 members (excludes halogenated alkanes) is 5. The van der Waals surface area contributed by atoms with E-state index in [1.54, 1.807) is 17.0 Å². The van der Waals surface area contributed by atoms with Crippen LogP contribution in [0.2, 0.25) is 10.0 Å². The molecule has 1 aliphatic heterocycles. The molecule has 0 radical (unpaired) electrons. The molecular formula is C26H36Cl2N6O3. The van der Waals surface area contributed by atoms with Gasteiger partial charge in [0.1, 0.15) is 13.2 Å². The Bertz CT molecular complexity index is 1160. The van der Waals surface area contributed by atoms with Crippen LogP contribution in [0.3, 0.4) is 0 Å². The summed E-state index contributed by atoms with van der Waals surface area (Å²) in [5.41, 5.74) is 15.4. The van der Waals surface area contributed by atoms with Gasteiger partial charge in [0, 0.05) is 60.2 Å². The van der Waals surface area contributed by atoms with Gasteiger partial charge in [-0.2, -0.15) is 0 Å². The van der Waals surface area contributed by atoms with Crippen LogP contribution in [0.25, 0.3) is 16.6 Å². The minimum atomic E-state index is -0.543. The minimum Gasteiger partial charge on any atom is -0.398 e. The molecule has 0 fully saturated rings. The maximum absolute atomic E-state index is 12.1. The Kier molecular flexibility index (Phi) is 11.3. The minimum absolute atomic E-state index is 0.00878. The van der Waals surface area contributed by atoms with Crippen LogP contribution in [0.1, 0.15) is 55.3 Å². The second kappa shape index (κ2) is 14.4. The number of halogens is 2. The summed E-state index contributed by atoms with van der Waals surface area (Å²) in [4.78, 5) is 33.2. The van der Waals surface area contributed by atoms with Crippen molar-refractivity contribution in [2.24, 2.45) is 16.5 Å². The molecule has 0 spiro atoms. The number of aliphatic hydroxyl groups excluding tert-OH is 1. The number of amides is 2. The Morgan fingerprint density at radius 1 is 1.19 bits per heavy atom. The Balaban J connectivity index is 1.63. The third-order valence-corrected chi connectivity index (χ3v) is 7.28. The normalized spacial score (nSPS) is 13.9. The van der Waals surface area contributed by atoms with Gasteiger partial charge in [-0.1, -0.05) is 48.9 Å². The van der Waals surface area contributed by atoms with Gasteiger partial charge in [-0.3, -0.25) is 14.6 Å². The third kappa shape index (κ3) is 7.70. The first kappa shape index (κ1) is 29.0. The van der Waals surface area contributed by atoms with Crippen LogP contribution in [0.5, 0.6) is 0 Å². The van der Waals surface area contributed by atoms with Crippen LogP contribution in [0, 0.1) is 0 Å². The largest absolute Gasteiger partial charge is 0.398 e. The van der Waals surface area contributed by atoms with E-state index in [1.807, 2.05) is 0 Å². The summed E-state index contributed by atoms with van der Waals surface area (Å²) in [5.74, 6) is -0.477. The quantitative estimate of drug-likeness (QED) is 0.192. The van der Waals surface area contributed by atoms with Crippen LogP contribution in [-0.4, -0.2) is 65.8 Å². The number of hydrogen-bond acceptors (Lipinski definition) is 6. The first-order valence-electron chi connectivity index (χ1n) is 12.7. The van der Waals surface area contributed by atoms with Crippen molar-refractivity contribution in [2.75, 3.05) is 32.8 Å². The molecule has 1 aromatic heterocycles. The average molecular weight is 552 g/mol. The molecule has 7 N–H and O–H groups in total. The summed E-state index contributed by atoms with van der Waals surface area (Å²) in [6.07, 6.45) is 10.3. The van der Waals surface area contributed by atoms with E-state index in [4.69, 9.17) is 34.7 Å². The van der Waals surface area contributed by atoms with Gasteiger partial charge in [0.2, 0.25) is 11.8 Å². The van der Waals surface area contributed by atoms with Crippen LogP contribution < -0.4 is 16.8 Å². The molecule has 0 aliphatic carbocycles. The number of nitrogens with one attached hydrogen (secondary N) is 2. The topological polar surface area (TPSA) is 150 Å². The number of aromatic amines is 1. The zero-order valence-corrected chi connectivity index (χ0v) is 22.5. The lowest BCUT2D eigenvalue weighted by molar-refractivity contribution is -0.135. The van der Waals surface area contributed by atoms with Gasteiger partial charge in [0.05, 0.1) is 15.6 Å². The summed E-state index contributed by atoms with van der Waals surface area (Å²) < 4.78 is 0. The zero-order valence-electron chi connectivity index (χ0n) is 21.0. The molecule has 2 heterocycles. The van der Waals surface area contributed by atoms with Crippen molar-refractivity contribution < 1.29 is 14.7 Å². The first-order valence-corrected chi connectivity index (χ1v) is 13.5. The molecule has 0 saturated carbocycles. The Labute approximate surface area is 227 Å². The Morgan fingerprint density at radius 2 is 1.92 bits per heavy atom. The number of nitrogens with zero attached hydrogens (tertiary/aromatic N) is 2. The molecule has 2 aromatic rings. The highest BCUT2D eigenvalue weighted by atomic mass is 35.5. The van der Waals surface area contributed by atoms with E-state index in [9.17, 15) is 14.7 Å². The molecule has 1 aliphatic rings. The van der Waals surface area contributed by atoms with Crippen molar-refractivity contribution in [3.05, 3.63) is 39.0 Å². The van der Waals surface area contributed by atoms with E-state index in [2.05, 4.69) is 15.3 Å². The fourth-order valence-corrected chi connectivity index (χ4v) is 4.90. The van der Waals surface area contributed by atoms with Gasteiger partial charge in [-0.05, 0) is 31.5 Å². The van der Waals surface area contributed by atoms with Gasteiger partial charge in [-0.25, -0.2) is 0 Å². The number of aliphatic hydroxyl groups is 1. The van der Waals surface area contributed by atoms with E-state index >= 15 is 0 Å². The van der Waals surface area contributed by atoms with Crippen LogP contribution in [0.15, 0.2) is 17.1 Å². The van der Waals surface area contributed by atoms with Gasteiger partial charge >= 0.3 is 0 Å². The fourth-order valence-electron chi connectivity index (χ4n) is 4.50. The first-order chi connectivity index (χ1) is 17.9. The molecule has 37 heavy (non-hydrogen) atoms. The lowest BCUT2D eigenvalue weighted by atomic mass is 9.99. The SMILES string of the molecule is NCCCCCCCCNC(=O)CN=C/C=C(\N)c1cc(Cl)c(Cl)c2[nH]c3c(c12)CN(C(=O)CO)CC3. The number of hydrogen-bond donors (Lipinski definition) is 5. The number of allylic oxidation sites excluding steroid dienone is 1. The maximum Gasteiger partial charge on any atom is 0.248 e. The molecule has 0 saturated heterocycles. The number of benzene rings is 1. The van der Waals surface area contributed by atoms with Crippen LogP contribution >= 0.6 is 23.2 Å². The standard InChI is InChI=1S/C26H36Cl2N6O3/c27-19-13-17(20(30)7-11-31-14-22(36)32-10-6-4-2-1-3-5-9-29)24-18-15-34(23(37)16-35)12-8-21(18)33-26(24)25(19)28/h7,11,13,33,35H,1-6,8-10,12,14-16,29-30H2,(H,32,36)/b20-7-,31-11?. The number of rotatable bonds is 13. The second-order valence-corrected chi connectivity index (χ2v) is 9.93. The van der Waals surface area contributed by atoms with Crippen molar-refractivity contribution in [3.8, 4) is 0 Å². The summed E-state index contributed by atoms with van der Waals surface area (Å²) >= 11 is 12.9. The highest BCUT2D eigenvalue weighted by Crippen LogP contribution is 2.39. The van der Waals surface area contributed by atoms with Crippen molar-refractivity contribution in [2.45, 2.75) is 51.5 Å². The lowest BCUT2D eigenvalue weighted by Gasteiger charge is -2.27. The van der Waals surface area contributed by atoms with Crippen molar-refractivity contribution >= 4 is 57.8 Å². The molecule has 0 unspecified atom stereocenters. The molecule has 0 atom stereocenters. The number of aliphatic imine (C=N–C) groups is 1. The molecule has 9 nitrogen and oxygen atoms in total. The van der Waals surface area contributed by atoms with E-state index in [1.165, 1.54) is 12.6 Å². The van der Waals surface area contributed by atoms with Crippen molar-refractivity contribution in [1.29, 1.82) is 0 Å². The number of nitrogens with two attached hydrogens (primary N) is 2. The molecule has 2 amide bonds. The zero-order chi connectivity index (χ0) is 26.8. The highest BCUT2D eigenvalue weighted by molar-refractivity contribution is 6.45. The molecule has 3 rings (SSSR count). The number of carbonyl (C=O) groups is 2. The van der Waals surface area contributed by atoms with Gasteiger partial charge in [-0.15, -0.1) is 0 Å². The van der Waals surface area contributed by atoms with Gasteiger partial charge in [0.25, 0.3) is 0 Å². The van der Waals surface area contributed by atoms with E-state index in [-0.39, 0.29) is 18.4 Å². The van der Waals surface area contributed by atoms with E-state index in [0.29, 0.717) is 52.9 Å². The van der Waals surface area contributed by atoms with Gasteiger partial charge in [0.15, 0.2) is 0 Å².